The van der Waals surface area contributed by atoms with Gasteiger partial charge in [0.1, 0.15) is 29.0 Å². The number of fused-ring (bicyclic) bond motifs is 1. The Kier molecular flexibility index (Phi) is 6.13. The summed E-state index contributed by atoms with van der Waals surface area (Å²) in [4.78, 5) is 36.5. The van der Waals surface area contributed by atoms with Crippen LogP contribution in [-0.4, -0.2) is 35.8 Å². The number of alkyl halides is 3. The van der Waals surface area contributed by atoms with Crippen LogP contribution in [0.3, 0.4) is 0 Å². The van der Waals surface area contributed by atoms with E-state index in [2.05, 4.69) is 40.5 Å². The molecule has 0 fully saturated rings. The molecule has 0 spiro atoms. The number of pyridine rings is 2. The summed E-state index contributed by atoms with van der Waals surface area (Å²) >= 11 is 0. The van der Waals surface area contributed by atoms with Crippen LogP contribution in [0.25, 0.3) is 22.4 Å². The van der Waals surface area contributed by atoms with E-state index < -0.39 is 23.2 Å². The Balaban J connectivity index is 1.43. The predicted octanol–water partition coefficient (Wildman–Crippen LogP) is 5.00. The van der Waals surface area contributed by atoms with Crippen molar-refractivity contribution in [1.82, 2.24) is 29.9 Å². The van der Waals surface area contributed by atoms with E-state index in [0.717, 1.165) is 11.6 Å². The van der Waals surface area contributed by atoms with Crippen molar-refractivity contribution in [2.75, 3.05) is 10.6 Å². The molecule has 0 aliphatic heterocycles. The number of nitrogens with zero attached hydrogens (tertiary/aromatic N) is 6. The first kappa shape index (κ1) is 24.3. The number of carbonyl (C=O) groups is 1. The number of anilines is 3. The zero-order chi connectivity index (χ0) is 26.9. The van der Waals surface area contributed by atoms with E-state index in [9.17, 15) is 18.0 Å². The van der Waals surface area contributed by atoms with E-state index in [0.29, 0.717) is 45.8 Å². The molecule has 5 aromatic rings. The number of aromatic amines is 1. The summed E-state index contributed by atoms with van der Waals surface area (Å²) in [5.41, 5.74) is 1.96. The molecule has 0 radical (unpaired) electrons. The fourth-order valence-corrected chi connectivity index (χ4v) is 3.72. The van der Waals surface area contributed by atoms with Crippen molar-refractivity contribution in [1.29, 1.82) is 5.26 Å². The first-order valence-corrected chi connectivity index (χ1v) is 11.0. The normalized spacial score (nSPS) is 11.2. The Morgan fingerprint density at radius 3 is 2.71 bits per heavy atom. The van der Waals surface area contributed by atoms with Crippen LogP contribution < -0.4 is 10.6 Å². The van der Waals surface area contributed by atoms with E-state index in [-0.39, 0.29) is 5.69 Å². The van der Waals surface area contributed by atoms with Gasteiger partial charge in [-0.1, -0.05) is 6.07 Å². The quantitative estimate of drug-likeness (QED) is 0.296. The summed E-state index contributed by atoms with van der Waals surface area (Å²) in [6.07, 6.45) is 0.254. The summed E-state index contributed by atoms with van der Waals surface area (Å²) in [6.45, 7) is 1.85. The minimum absolute atomic E-state index is 0.330. The molecule has 1 amide bonds. The molecule has 0 atom stereocenters. The molecule has 0 unspecified atom stereocenters. The van der Waals surface area contributed by atoms with Gasteiger partial charge in [-0.2, -0.15) is 18.4 Å². The monoisotopic (exact) mass is 515 g/mol. The number of imidazole rings is 1. The van der Waals surface area contributed by atoms with Crippen LogP contribution in [0.15, 0.2) is 61.4 Å². The summed E-state index contributed by atoms with van der Waals surface area (Å²) in [5.74, 6) is -0.289. The SMILES string of the molecule is Cc1ccc(NC(=O)c2cc(C#N)c(C(F)(F)F)cn2)cc1Nc1ncccc1-c1ncnc2nc[nH]c12. The van der Waals surface area contributed by atoms with Crippen LogP contribution in [0.4, 0.5) is 30.4 Å². The van der Waals surface area contributed by atoms with Gasteiger partial charge in [0, 0.05) is 29.3 Å². The molecule has 38 heavy (non-hydrogen) atoms. The average molecular weight is 515 g/mol. The van der Waals surface area contributed by atoms with Crippen molar-refractivity contribution in [3.05, 3.63) is 83.8 Å². The maximum Gasteiger partial charge on any atom is 0.419 e. The van der Waals surface area contributed by atoms with Crippen molar-refractivity contribution in [2.45, 2.75) is 13.1 Å². The van der Waals surface area contributed by atoms with Gasteiger partial charge in [-0.05, 0) is 42.8 Å². The van der Waals surface area contributed by atoms with Gasteiger partial charge in [-0.15, -0.1) is 0 Å². The summed E-state index contributed by atoms with van der Waals surface area (Å²) in [6, 6.07) is 10.9. The Labute approximate surface area is 212 Å². The number of hydrogen-bond acceptors (Lipinski definition) is 8. The molecule has 13 heteroatoms. The third-order valence-electron chi connectivity index (χ3n) is 5.60. The molecule has 1 aromatic carbocycles. The number of amides is 1. The van der Waals surface area contributed by atoms with Crippen molar-refractivity contribution < 1.29 is 18.0 Å². The van der Waals surface area contributed by atoms with Crippen LogP contribution in [-0.2, 0) is 6.18 Å². The number of nitrogens with one attached hydrogen (secondary N) is 3. The number of benzene rings is 1. The highest BCUT2D eigenvalue weighted by atomic mass is 19.4. The minimum atomic E-state index is -4.76. The molecule has 4 heterocycles. The Morgan fingerprint density at radius 2 is 1.92 bits per heavy atom. The van der Waals surface area contributed by atoms with Gasteiger partial charge < -0.3 is 15.6 Å². The number of aryl methyl sites for hydroxylation is 1. The van der Waals surface area contributed by atoms with Crippen LogP contribution in [0, 0.1) is 18.3 Å². The molecule has 0 aliphatic carbocycles. The maximum atomic E-state index is 13.1. The molecule has 5 rings (SSSR count). The lowest BCUT2D eigenvalue weighted by molar-refractivity contribution is -0.138. The van der Waals surface area contributed by atoms with Gasteiger partial charge >= 0.3 is 6.18 Å². The first-order chi connectivity index (χ1) is 18.2. The number of carbonyl (C=O) groups excluding carboxylic acids is 1. The average Bonchev–Trinajstić information content (AvgIpc) is 3.39. The molecule has 0 bridgehead atoms. The third kappa shape index (κ3) is 4.70. The first-order valence-electron chi connectivity index (χ1n) is 11.0. The van der Waals surface area contributed by atoms with E-state index in [1.165, 1.54) is 18.7 Å². The second-order valence-electron chi connectivity index (χ2n) is 8.06. The number of H-pyrrole nitrogens is 1. The van der Waals surface area contributed by atoms with E-state index in [1.54, 1.807) is 30.5 Å². The van der Waals surface area contributed by atoms with Crippen molar-refractivity contribution >= 4 is 34.3 Å². The van der Waals surface area contributed by atoms with E-state index in [4.69, 9.17) is 5.26 Å². The van der Waals surface area contributed by atoms with Crippen molar-refractivity contribution in [2.24, 2.45) is 0 Å². The van der Waals surface area contributed by atoms with Gasteiger partial charge in [-0.25, -0.2) is 19.9 Å². The fourth-order valence-electron chi connectivity index (χ4n) is 3.72. The van der Waals surface area contributed by atoms with Crippen LogP contribution in [0.1, 0.15) is 27.2 Å². The summed E-state index contributed by atoms with van der Waals surface area (Å²) < 4.78 is 39.2. The second kappa shape index (κ2) is 9.58. The zero-order valence-electron chi connectivity index (χ0n) is 19.5. The highest BCUT2D eigenvalue weighted by Crippen LogP contribution is 2.33. The zero-order valence-corrected chi connectivity index (χ0v) is 19.5. The molecule has 0 saturated heterocycles. The topological polar surface area (TPSA) is 145 Å². The molecular formula is C25H16F3N9O. The Bertz CT molecular complexity index is 1720. The van der Waals surface area contributed by atoms with Crippen LogP contribution in [0.5, 0.6) is 0 Å². The smallest absolute Gasteiger partial charge is 0.341 e. The molecule has 4 aromatic heterocycles. The predicted molar refractivity (Wildman–Crippen MR) is 131 cm³/mol. The number of hydrogen-bond donors (Lipinski definition) is 3. The lowest BCUT2D eigenvalue weighted by Gasteiger charge is -2.15. The molecule has 10 nitrogen and oxygen atoms in total. The lowest BCUT2D eigenvalue weighted by atomic mass is 10.1. The van der Waals surface area contributed by atoms with Gasteiger partial charge in [0.05, 0.1) is 23.5 Å². The number of aromatic nitrogens is 6. The maximum absolute atomic E-state index is 13.1. The number of nitriles is 1. The van der Waals surface area contributed by atoms with E-state index >= 15 is 0 Å². The molecular weight excluding hydrogens is 499 g/mol. The highest BCUT2D eigenvalue weighted by molar-refractivity contribution is 6.03. The van der Waals surface area contributed by atoms with Crippen molar-refractivity contribution in [3.8, 4) is 17.3 Å². The fraction of sp³-hybridized carbons (Fsp3) is 0.0800. The molecule has 0 saturated carbocycles. The Hall–Kier alpha value is -5.38. The van der Waals surface area contributed by atoms with Gasteiger partial charge in [0.25, 0.3) is 5.91 Å². The highest BCUT2D eigenvalue weighted by Gasteiger charge is 2.34. The molecule has 0 aliphatic rings. The molecule has 188 valence electrons. The minimum Gasteiger partial charge on any atom is -0.341 e. The largest absolute Gasteiger partial charge is 0.419 e. The number of rotatable bonds is 5. The Morgan fingerprint density at radius 1 is 1.08 bits per heavy atom. The van der Waals surface area contributed by atoms with Gasteiger partial charge in [0.15, 0.2) is 5.65 Å². The van der Waals surface area contributed by atoms with Gasteiger partial charge in [0.2, 0.25) is 0 Å². The molecule has 3 N–H and O–H groups in total. The number of halogens is 3. The lowest BCUT2D eigenvalue weighted by Crippen LogP contribution is -2.16. The van der Waals surface area contributed by atoms with Crippen molar-refractivity contribution in [3.63, 3.8) is 0 Å². The second-order valence-corrected chi connectivity index (χ2v) is 8.06. The third-order valence-corrected chi connectivity index (χ3v) is 5.60. The van der Waals surface area contributed by atoms with Gasteiger partial charge in [-0.3, -0.25) is 9.78 Å². The summed E-state index contributed by atoms with van der Waals surface area (Å²) in [5, 5.41) is 15.0. The van der Waals surface area contributed by atoms with Crippen LogP contribution >= 0.6 is 0 Å². The standard InChI is InChI=1S/C25H16F3N9O/c1-13-4-5-15(36-24(38)19-7-14(9-29)17(10-31-19)25(26,27)28)8-18(13)37-22-16(3-2-6-30-22)20-21-23(34-11-32-20)35-12-33-21/h2-8,10-12H,1H3,(H,30,37)(H,36,38)(H,32,33,34,35). The van der Waals surface area contributed by atoms with E-state index in [1.807, 2.05) is 13.0 Å². The summed E-state index contributed by atoms with van der Waals surface area (Å²) in [7, 11) is 0. The van der Waals surface area contributed by atoms with Crippen LogP contribution in [0.2, 0.25) is 0 Å².